The molecule has 1 unspecified atom stereocenters. The van der Waals surface area contributed by atoms with Gasteiger partial charge in [-0.15, -0.1) is 0 Å². The van der Waals surface area contributed by atoms with Gasteiger partial charge in [-0.1, -0.05) is 109 Å². The monoisotopic (exact) mass is 550 g/mol. The Morgan fingerprint density at radius 3 is 1.93 bits per heavy atom. The van der Waals surface area contributed by atoms with Crippen molar-refractivity contribution in [1.29, 1.82) is 0 Å². The van der Waals surface area contributed by atoms with E-state index in [1.165, 1.54) is 0 Å². The highest BCUT2D eigenvalue weighted by atomic mass is 16.6. The van der Waals surface area contributed by atoms with Gasteiger partial charge in [0.25, 0.3) is 0 Å². The summed E-state index contributed by atoms with van der Waals surface area (Å²) in [5, 5.41) is 5.02. The SMILES string of the molecule is O=C(CNC(=O)OCC1c2ccccc2-c2ccccc21)NCOC(C(=O)OCc1ccccc1)c1ccccc1. The van der Waals surface area contributed by atoms with E-state index in [9.17, 15) is 14.4 Å². The van der Waals surface area contributed by atoms with E-state index >= 15 is 0 Å². The zero-order chi connectivity index (χ0) is 28.4. The number of esters is 1. The molecule has 5 rings (SSSR count). The molecule has 2 amide bonds. The van der Waals surface area contributed by atoms with Gasteiger partial charge in [0.1, 0.15) is 26.5 Å². The predicted molar refractivity (Wildman–Crippen MR) is 153 cm³/mol. The van der Waals surface area contributed by atoms with Crippen LogP contribution in [0.4, 0.5) is 4.79 Å². The fourth-order valence-corrected chi connectivity index (χ4v) is 4.80. The summed E-state index contributed by atoms with van der Waals surface area (Å²) >= 11 is 0. The molecule has 0 aliphatic heterocycles. The van der Waals surface area contributed by atoms with Gasteiger partial charge >= 0.3 is 12.1 Å². The lowest BCUT2D eigenvalue weighted by atomic mass is 9.98. The minimum absolute atomic E-state index is 0.0769. The van der Waals surface area contributed by atoms with Crippen LogP contribution in [0.25, 0.3) is 11.1 Å². The third-order valence-electron chi connectivity index (χ3n) is 6.80. The molecule has 41 heavy (non-hydrogen) atoms. The van der Waals surface area contributed by atoms with Crippen molar-refractivity contribution in [2.75, 3.05) is 19.9 Å². The van der Waals surface area contributed by atoms with E-state index < -0.39 is 24.1 Å². The lowest BCUT2D eigenvalue weighted by Crippen LogP contribution is -2.39. The van der Waals surface area contributed by atoms with Crippen molar-refractivity contribution in [3.8, 4) is 11.1 Å². The highest BCUT2D eigenvalue weighted by Gasteiger charge is 2.29. The molecule has 0 saturated heterocycles. The molecule has 4 aromatic carbocycles. The first-order valence-corrected chi connectivity index (χ1v) is 13.3. The summed E-state index contributed by atoms with van der Waals surface area (Å²) in [5.41, 5.74) is 5.92. The summed E-state index contributed by atoms with van der Waals surface area (Å²) in [6.07, 6.45) is -1.73. The fourth-order valence-electron chi connectivity index (χ4n) is 4.80. The van der Waals surface area contributed by atoms with E-state index in [1.807, 2.05) is 72.8 Å². The number of hydrogen-bond acceptors (Lipinski definition) is 6. The van der Waals surface area contributed by atoms with Crippen molar-refractivity contribution in [2.24, 2.45) is 0 Å². The highest BCUT2D eigenvalue weighted by molar-refractivity contribution is 5.82. The van der Waals surface area contributed by atoms with E-state index in [2.05, 4.69) is 22.8 Å². The van der Waals surface area contributed by atoms with Gasteiger partial charge in [0.15, 0.2) is 6.10 Å². The second-order valence-electron chi connectivity index (χ2n) is 9.47. The smallest absolute Gasteiger partial charge is 0.407 e. The molecular formula is C33H30N2O6. The molecule has 0 bridgehead atoms. The van der Waals surface area contributed by atoms with Crippen molar-refractivity contribution < 1.29 is 28.6 Å². The molecule has 8 heteroatoms. The third kappa shape index (κ3) is 6.98. The average Bonchev–Trinajstić information content (AvgIpc) is 3.34. The Morgan fingerprint density at radius 2 is 1.27 bits per heavy atom. The summed E-state index contributed by atoms with van der Waals surface area (Å²) in [6, 6.07) is 34.3. The molecule has 0 heterocycles. The first kappa shape index (κ1) is 27.6. The van der Waals surface area contributed by atoms with Crippen molar-refractivity contribution in [2.45, 2.75) is 18.6 Å². The molecule has 0 saturated carbocycles. The molecule has 0 fully saturated rings. The lowest BCUT2D eigenvalue weighted by molar-refractivity contribution is -0.160. The maximum Gasteiger partial charge on any atom is 0.407 e. The van der Waals surface area contributed by atoms with Crippen LogP contribution < -0.4 is 10.6 Å². The Bertz CT molecular complexity index is 1450. The molecule has 1 aliphatic carbocycles. The molecule has 0 radical (unpaired) electrons. The quantitative estimate of drug-likeness (QED) is 0.199. The molecule has 1 atom stereocenters. The second kappa shape index (κ2) is 13.4. The van der Waals surface area contributed by atoms with E-state index in [0.29, 0.717) is 5.56 Å². The summed E-state index contributed by atoms with van der Waals surface area (Å²) in [5.74, 6) is -1.15. The third-order valence-corrected chi connectivity index (χ3v) is 6.80. The molecule has 1 aliphatic rings. The standard InChI is InChI=1S/C33H30N2O6/c36-30(19-34-33(38)40-21-29-27-17-9-7-15-25(27)26-16-8-10-18-28(26)29)35-22-41-31(24-13-5-2-6-14-24)32(37)39-20-23-11-3-1-4-12-23/h1-18,29,31H,19-22H2,(H,34,38)(H,35,36). The predicted octanol–water partition coefficient (Wildman–Crippen LogP) is 5.10. The zero-order valence-corrected chi connectivity index (χ0v) is 22.3. The van der Waals surface area contributed by atoms with Crippen LogP contribution in [-0.4, -0.2) is 37.9 Å². The van der Waals surface area contributed by atoms with Crippen LogP contribution in [0.15, 0.2) is 109 Å². The topological polar surface area (TPSA) is 103 Å². The summed E-state index contributed by atoms with van der Waals surface area (Å²) in [6.45, 7) is -0.323. The van der Waals surface area contributed by atoms with E-state index in [-0.39, 0.29) is 32.4 Å². The summed E-state index contributed by atoms with van der Waals surface area (Å²) in [7, 11) is 0. The molecule has 2 N–H and O–H groups in total. The number of ether oxygens (including phenoxy) is 3. The number of rotatable bonds is 11. The van der Waals surface area contributed by atoms with Crippen LogP contribution in [-0.2, 0) is 30.4 Å². The largest absolute Gasteiger partial charge is 0.459 e. The van der Waals surface area contributed by atoms with Gasteiger partial charge in [0.2, 0.25) is 5.91 Å². The zero-order valence-electron chi connectivity index (χ0n) is 22.3. The number of alkyl carbamates (subject to hydrolysis) is 1. The number of benzene rings is 4. The van der Waals surface area contributed by atoms with Gasteiger partial charge in [0, 0.05) is 5.92 Å². The van der Waals surface area contributed by atoms with E-state index in [1.54, 1.807) is 24.3 Å². The lowest BCUT2D eigenvalue weighted by Gasteiger charge is -2.18. The summed E-state index contributed by atoms with van der Waals surface area (Å²) < 4.78 is 16.6. The minimum atomic E-state index is -1.03. The van der Waals surface area contributed by atoms with Crippen LogP contribution in [0.2, 0.25) is 0 Å². The first-order valence-electron chi connectivity index (χ1n) is 13.3. The Balaban J connectivity index is 1.08. The van der Waals surface area contributed by atoms with Gasteiger partial charge in [-0.05, 0) is 33.4 Å². The minimum Gasteiger partial charge on any atom is -0.459 e. The van der Waals surface area contributed by atoms with Gasteiger partial charge in [-0.3, -0.25) is 4.79 Å². The fraction of sp³-hybridized carbons (Fsp3) is 0.182. The maximum absolute atomic E-state index is 12.8. The van der Waals surface area contributed by atoms with Gasteiger partial charge < -0.3 is 24.8 Å². The normalized spacial score (nSPS) is 12.5. The van der Waals surface area contributed by atoms with Gasteiger partial charge in [-0.2, -0.15) is 0 Å². The van der Waals surface area contributed by atoms with Crippen LogP contribution in [0.5, 0.6) is 0 Å². The second-order valence-corrected chi connectivity index (χ2v) is 9.47. The van der Waals surface area contributed by atoms with E-state index in [4.69, 9.17) is 14.2 Å². The number of carbonyl (C=O) groups excluding carboxylic acids is 3. The molecule has 0 spiro atoms. The van der Waals surface area contributed by atoms with Crippen LogP contribution in [0.3, 0.4) is 0 Å². The number of hydrogen-bond donors (Lipinski definition) is 2. The average molecular weight is 551 g/mol. The molecule has 208 valence electrons. The maximum atomic E-state index is 12.8. The number of nitrogens with one attached hydrogen (secondary N) is 2. The van der Waals surface area contributed by atoms with Crippen molar-refractivity contribution in [1.82, 2.24) is 10.6 Å². The molecule has 8 nitrogen and oxygen atoms in total. The van der Waals surface area contributed by atoms with Gasteiger partial charge in [-0.25, -0.2) is 9.59 Å². The van der Waals surface area contributed by atoms with Crippen LogP contribution in [0.1, 0.15) is 34.3 Å². The first-order chi connectivity index (χ1) is 20.1. The van der Waals surface area contributed by atoms with Crippen molar-refractivity contribution in [3.63, 3.8) is 0 Å². The Kier molecular flexibility index (Phi) is 9.03. The Hall–Kier alpha value is -4.95. The van der Waals surface area contributed by atoms with Crippen LogP contribution >= 0.6 is 0 Å². The van der Waals surface area contributed by atoms with Gasteiger partial charge in [0.05, 0.1) is 0 Å². The van der Waals surface area contributed by atoms with Crippen molar-refractivity contribution >= 4 is 18.0 Å². The molecular weight excluding hydrogens is 520 g/mol. The van der Waals surface area contributed by atoms with Crippen molar-refractivity contribution in [3.05, 3.63) is 131 Å². The Labute approximate surface area is 238 Å². The molecule has 4 aromatic rings. The Morgan fingerprint density at radius 1 is 0.683 bits per heavy atom. The van der Waals surface area contributed by atoms with Crippen LogP contribution in [0, 0.1) is 0 Å². The number of amides is 2. The highest BCUT2D eigenvalue weighted by Crippen LogP contribution is 2.44. The summed E-state index contributed by atoms with van der Waals surface area (Å²) in [4.78, 5) is 37.5. The number of carbonyl (C=O) groups is 3. The molecule has 0 aromatic heterocycles. The van der Waals surface area contributed by atoms with E-state index in [0.717, 1.165) is 27.8 Å². The number of fused-ring (bicyclic) bond motifs is 3.